The number of anilines is 1. The van der Waals surface area contributed by atoms with E-state index in [4.69, 9.17) is 0 Å². The van der Waals surface area contributed by atoms with Crippen molar-refractivity contribution in [1.82, 2.24) is 0 Å². The lowest BCUT2D eigenvalue weighted by molar-refractivity contribution is 0.339. The standard InChI is InChI=1S/C16H14F3N/c17-12-4-5-14(18)11(8-12)9-15(19)13-3-1-2-10-6-7-20-16(10)13/h1-5,8,15,20H,6-7,9H2. The van der Waals surface area contributed by atoms with Crippen LogP contribution in [0.2, 0.25) is 0 Å². The molecule has 1 N–H and O–H groups in total. The van der Waals surface area contributed by atoms with E-state index in [0.717, 1.165) is 42.4 Å². The maximum atomic E-state index is 14.5. The third-order valence-corrected chi connectivity index (χ3v) is 3.62. The molecule has 20 heavy (non-hydrogen) atoms. The summed E-state index contributed by atoms with van der Waals surface area (Å²) in [4.78, 5) is 0. The Balaban J connectivity index is 1.88. The molecule has 2 aromatic rings. The van der Waals surface area contributed by atoms with E-state index >= 15 is 0 Å². The highest BCUT2D eigenvalue weighted by molar-refractivity contribution is 5.62. The van der Waals surface area contributed by atoms with Crippen LogP contribution < -0.4 is 5.32 Å². The fourth-order valence-electron chi connectivity index (χ4n) is 2.63. The molecule has 0 aliphatic carbocycles. The Morgan fingerprint density at radius 1 is 1.15 bits per heavy atom. The predicted octanol–water partition coefficient (Wildman–Crippen LogP) is 4.19. The van der Waals surface area contributed by atoms with Crippen LogP contribution in [-0.2, 0) is 12.8 Å². The molecule has 0 amide bonds. The minimum Gasteiger partial charge on any atom is -0.384 e. The van der Waals surface area contributed by atoms with Crippen molar-refractivity contribution >= 4 is 5.69 Å². The Kier molecular flexibility index (Phi) is 3.38. The van der Waals surface area contributed by atoms with Crippen LogP contribution in [0.4, 0.5) is 18.9 Å². The molecule has 0 spiro atoms. The van der Waals surface area contributed by atoms with Gasteiger partial charge in [-0.2, -0.15) is 0 Å². The summed E-state index contributed by atoms with van der Waals surface area (Å²) < 4.78 is 41.1. The molecular weight excluding hydrogens is 263 g/mol. The molecule has 0 saturated carbocycles. The van der Waals surface area contributed by atoms with Crippen LogP contribution in [0.1, 0.15) is 22.9 Å². The molecule has 1 heterocycles. The molecule has 1 unspecified atom stereocenters. The highest BCUT2D eigenvalue weighted by Gasteiger charge is 2.21. The van der Waals surface area contributed by atoms with Crippen LogP contribution in [0.3, 0.4) is 0 Å². The molecule has 1 nitrogen and oxygen atoms in total. The van der Waals surface area contributed by atoms with Crippen LogP contribution in [0.25, 0.3) is 0 Å². The van der Waals surface area contributed by atoms with Crippen molar-refractivity contribution in [1.29, 1.82) is 0 Å². The average molecular weight is 277 g/mol. The first-order chi connectivity index (χ1) is 9.65. The number of nitrogens with one attached hydrogen (secondary N) is 1. The lowest BCUT2D eigenvalue weighted by Gasteiger charge is -2.14. The molecule has 0 radical (unpaired) electrons. The lowest BCUT2D eigenvalue weighted by atomic mass is 9.98. The van der Waals surface area contributed by atoms with Crippen molar-refractivity contribution in [3.8, 4) is 0 Å². The zero-order chi connectivity index (χ0) is 14.1. The molecule has 104 valence electrons. The molecule has 3 rings (SSSR count). The van der Waals surface area contributed by atoms with E-state index in [1.807, 2.05) is 6.07 Å². The number of para-hydroxylation sites is 1. The number of halogens is 3. The van der Waals surface area contributed by atoms with Gasteiger partial charge in [0.2, 0.25) is 0 Å². The number of hydrogen-bond donors (Lipinski definition) is 1. The van der Waals surface area contributed by atoms with E-state index < -0.39 is 17.8 Å². The van der Waals surface area contributed by atoms with Crippen molar-refractivity contribution in [2.45, 2.75) is 19.0 Å². The smallest absolute Gasteiger partial charge is 0.131 e. The molecular formula is C16H14F3N. The third kappa shape index (κ3) is 2.38. The summed E-state index contributed by atoms with van der Waals surface area (Å²) >= 11 is 0. The van der Waals surface area contributed by atoms with Gasteiger partial charge in [-0.1, -0.05) is 18.2 Å². The molecule has 0 bridgehead atoms. The van der Waals surface area contributed by atoms with Gasteiger partial charge >= 0.3 is 0 Å². The average Bonchev–Trinajstić information content (AvgIpc) is 2.91. The van der Waals surface area contributed by atoms with Crippen molar-refractivity contribution in [3.63, 3.8) is 0 Å². The zero-order valence-electron chi connectivity index (χ0n) is 10.8. The molecule has 1 aliphatic rings. The van der Waals surface area contributed by atoms with Crippen LogP contribution in [0.5, 0.6) is 0 Å². The van der Waals surface area contributed by atoms with Crippen molar-refractivity contribution in [3.05, 3.63) is 64.7 Å². The number of rotatable bonds is 3. The largest absolute Gasteiger partial charge is 0.384 e. The highest BCUT2D eigenvalue weighted by atomic mass is 19.1. The first-order valence-corrected chi connectivity index (χ1v) is 6.59. The summed E-state index contributed by atoms with van der Waals surface area (Å²) in [7, 11) is 0. The first-order valence-electron chi connectivity index (χ1n) is 6.59. The van der Waals surface area contributed by atoms with E-state index in [-0.39, 0.29) is 12.0 Å². The summed E-state index contributed by atoms with van der Waals surface area (Å²) in [6.45, 7) is 0.785. The van der Waals surface area contributed by atoms with Gasteiger partial charge < -0.3 is 5.32 Å². The van der Waals surface area contributed by atoms with Crippen LogP contribution in [0, 0.1) is 11.6 Å². The minimum atomic E-state index is -1.35. The van der Waals surface area contributed by atoms with Crippen molar-refractivity contribution in [2.24, 2.45) is 0 Å². The van der Waals surface area contributed by atoms with Gasteiger partial charge in [-0.25, -0.2) is 13.2 Å². The van der Waals surface area contributed by atoms with Gasteiger partial charge in [0.05, 0.1) is 0 Å². The topological polar surface area (TPSA) is 12.0 Å². The number of benzene rings is 2. The summed E-state index contributed by atoms with van der Waals surface area (Å²) in [6, 6.07) is 8.57. The maximum Gasteiger partial charge on any atom is 0.131 e. The normalized spacial score (nSPS) is 14.8. The molecule has 0 fully saturated rings. The van der Waals surface area contributed by atoms with E-state index in [1.165, 1.54) is 0 Å². The van der Waals surface area contributed by atoms with Gasteiger partial charge in [0.15, 0.2) is 0 Å². The quantitative estimate of drug-likeness (QED) is 0.887. The first kappa shape index (κ1) is 13.0. The van der Waals surface area contributed by atoms with Gasteiger partial charge in [-0.15, -0.1) is 0 Å². The van der Waals surface area contributed by atoms with Gasteiger partial charge in [-0.05, 0) is 35.7 Å². The fourth-order valence-corrected chi connectivity index (χ4v) is 2.63. The van der Waals surface area contributed by atoms with Gasteiger partial charge in [0, 0.05) is 24.2 Å². The van der Waals surface area contributed by atoms with E-state index in [1.54, 1.807) is 12.1 Å². The third-order valence-electron chi connectivity index (χ3n) is 3.62. The fraction of sp³-hybridized carbons (Fsp3) is 0.250. The SMILES string of the molecule is Fc1ccc(F)c(CC(F)c2cccc3c2NCC3)c1. The van der Waals surface area contributed by atoms with E-state index in [2.05, 4.69) is 5.32 Å². The number of fused-ring (bicyclic) bond motifs is 1. The Bertz CT molecular complexity index is 640. The van der Waals surface area contributed by atoms with Gasteiger partial charge in [0.1, 0.15) is 17.8 Å². The summed E-state index contributed by atoms with van der Waals surface area (Å²) in [5.74, 6) is -1.13. The van der Waals surface area contributed by atoms with Gasteiger partial charge in [0.25, 0.3) is 0 Å². The molecule has 4 heteroatoms. The minimum absolute atomic E-state index is 0.0631. The summed E-state index contributed by atoms with van der Waals surface area (Å²) in [6.07, 6.45) is -0.654. The van der Waals surface area contributed by atoms with Crippen LogP contribution in [0.15, 0.2) is 36.4 Å². The lowest BCUT2D eigenvalue weighted by Crippen LogP contribution is -2.03. The second-order valence-electron chi connectivity index (χ2n) is 4.97. The van der Waals surface area contributed by atoms with Crippen molar-refractivity contribution in [2.75, 3.05) is 11.9 Å². The van der Waals surface area contributed by atoms with E-state index in [0.29, 0.717) is 5.56 Å². The maximum absolute atomic E-state index is 14.5. The number of hydrogen-bond acceptors (Lipinski definition) is 1. The Morgan fingerprint density at radius 3 is 2.85 bits per heavy atom. The van der Waals surface area contributed by atoms with Crippen LogP contribution >= 0.6 is 0 Å². The Morgan fingerprint density at radius 2 is 2.00 bits per heavy atom. The monoisotopic (exact) mass is 277 g/mol. The Hall–Kier alpha value is -1.97. The molecule has 2 aromatic carbocycles. The molecule has 1 aliphatic heterocycles. The molecule has 0 aromatic heterocycles. The number of alkyl halides is 1. The van der Waals surface area contributed by atoms with E-state index in [9.17, 15) is 13.2 Å². The second kappa shape index (κ2) is 5.19. The molecule has 1 atom stereocenters. The summed E-state index contributed by atoms with van der Waals surface area (Å²) in [5.41, 5.74) is 2.46. The van der Waals surface area contributed by atoms with Gasteiger partial charge in [-0.3, -0.25) is 0 Å². The Labute approximate surface area is 115 Å². The summed E-state index contributed by atoms with van der Waals surface area (Å²) in [5, 5.41) is 3.15. The highest BCUT2D eigenvalue weighted by Crippen LogP contribution is 2.34. The predicted molar refractivity (Wildman–Crippen MR) is 72.5 cm³/mol. The second-order valence-corrected chi connectivity index (χ2v) is 4.97. The van der Waals surface area contributed by atoms with Crippen LogP contribution in [-0.4, -0.2) is 6.54 Å². The van der Waals surface area contributed by atoms with Crippen molar-refractivity contribution < 1.29 is 13.2 Å². The zero-order valence-corrected chi connectivity index (χ0v) is 10.8. The molecule has 0 saturated heterocycles.